The van der Waals surface area contributed by atoms with Crippen molar-refractivity contribution >= 4 is 40.8 Å². The van der Waals surface area contributed by atoms with Gasteiger partial charge < -0.3 is 25.8 Å². The molecule has 3 aromatic rings. The van der Waals surface area contributed by atoms with Gasteiger partial charge in [-0.2, -0.15) is 0 Å². The number of hydrogen-bond acceptors (Lipinski definition) is 6. The molecule has 0 radical (unpaired) electrons. The maximum atomic E-state index is 15.8. The monoisotopic (exact) mass is 615 g/mol. The largest absolute Gasteiger partial charge is 0.495 e. The minimum Gasteiger partial charge on any atom is -0.495 e. The molecular weight excluding hydrogens is 580 g/mol. The van der Waals surface area contributed by atoms with E-state index in [1.807, 2.05) is 6.07 Å². The van der Waals surface area contributed by atoms with E-state index in [1.165, 1.54) is 38.5 Å². The first-order valence-electron chi connectivity index (χ1n) is 13.6. The average molecular weight is 617 g/mol. The summed E-state index contributed by atoms with van der Waals surface area (Å²) in [6, 6.07) is 15.0. The Bertz CT molecular complexity index is 1480. The predicted molar refractivity (Wildman–Crippen MR) is 164 cm³/mol. The van der Waals surface area contributed by atoms with Crippen LogP contribution in [0.4, 0.5) is 10.1 Å². The molecule has 7 nitrogen and oxygen atoms in total. The van der Waals surface area contributed by atoms with Gasteiger partial charge in [-0.05, 0) is 71.5 Å². The van der Waals surface area contributed by atoms with E-state index < -0.39 is 35.2 Å². The molecule has 1 aliphatic heterocycles. The molecule has 0 unspecified atom stereocenters. The van der Waals surface area contributed by atoms with Gasteiger partial charge >= 0.3 is 5.97 Å². The van der Waals surface area contributed by atoms with Crippen molar-refractivity contribution in [3.8, 4) is 5.75 Å². The van der Waals surface area contributed by atoms with Crippen molar-refractivity contribution in [1.29, 1.82) is 0 Å². The summed E-state index contributed by atoms with van der Waals surface area (Å²) in [7, 11) is 2.72. The number of esters is 1. The van der Waals surface area contributed by atoms with Gasteiger partial charge in [-0.3, -0.25) is 4.79 Å². The van der Waals surface area contributed by atoms with Crippen LogP contribution in [0.5, 0.6) is 5.75 Å². The predicted octanol–water partition coefficient (Wildman–Crippen LogP) is 6.32. The molecular formula is C32H36Cl2FN3O4. The third-order valence-electron chi connectivity index (χ3n) is 7.85. The van der Waals surface area contributed by atoms with E-state index in [0.29, 0.717) is 27.7 Å². The first-order chi connectivity index (χ1) is 19.8. The zero-order valence-corrected chi connectivity index (χ0v) is 25.8. The minimum atomic E-state index is -1.08. The van der Waals surface area contributed by atoms with E-state index in [9.17, 15) is 9.59 Å². The van der Waals surface area contributed by atoms with Gasteiger partial charge in [-0.15, -0.1) is 0 Å². The van der Waals surface area contributed by atoms with Crippen LogP contribution in [0.3, 0.4) is 0 Å². The highest BCUT2D eigenvalue weighted by Gasteiger charge is 2.59. The summed E-state index contributed by atoms with van der Waals surface area (Å²) >= 11 is 12.9. The summed E-state index contributed by atoms with van der Waals surface area (Å²) in [6.45, 7) is 6.27. The number of nitrogens with one attached hydrogen (secondary N) is 2. The van der Waals surface area contributed by atoms with Crippen LogP contribution in [-0.4, -0.2) is 44.7 Å². The molecule has 42 heavy (non-hydrogen) atoms. The van der Waals surface area contributed by atoms with E-state index in [2.05, 4.69) is 31.4 Å². The van der Waals surface area contributed by atoms with Crippen LogP contribution in [0.25, 0.3) is 0 Å². The standard InChI is InChI=1S/C32H36Cl2FN3O4/c1-31(2,3)16-26-32(17-36,22-15-21(34)10-11-23(22)35)27(18-7-6-8-20(33)13-18)28(38-26)29(39)37-24-12-9-19(30(40)42-5)14-25(24)41-4/h6-15,26-28,38H,16-17,36H2,1-5H3,(H,37,39)/t26-,27-,28+,32-/m0/s1. The molecule has 1 amide bonds. The Balaban J connectivity index is 1.89. The van der Waals surface area contributed by atoms with Crippen molar-refractivity contribution in [3.05, 3.63) is 93.2 Å². The molecule has 0 aliphatic carbocycles. The molecule has 4 rings (SSSR count). The zero-order valence-electron chi connectivity index (χ0n) is 24.3. The van der Waals surface area contributed by atoms with E-state index in [0.717, 1.165) is 5.56 Å². The van der Waals surface area contributed by atoms with Crippen LogP contribution in [0.15, 0.2) is 60.7 Å². The number of amides is 1. The molecule has 0 saturated carbocycles. The molecule has 224 valence electrons. The Kier molecular flexibility index (Phi) is 9.52. The van der Waals surface area contributed by atoms with Gasteiger partial charge in [0.1, 0.15) is 11.6 Å². The second-order valence-electron chi connectivity index (χ2n) is 11.8. The van der Waals surface area contributed by atoms with E-state index >= 15 is 4.39 Å². The molecule has 0 aromatic heterocycles. The lowest BCUT2D eigenvalue weighted by molar-refractivity contribution is -0.118. The SMILES string of the molecule is COC(=O)c1ccc(NC(=O)[C@@H]2N[C@@H](CC(C)(C)C)[C@](CN)(c3cc(Cl)ccc3F)[C@H]2c2cccc(Cl)c2)c(OC)c1. The van der Waals surface area contributed by atoms with Gasteiger partial charge in [0.2, 0.25) is 5.91 Å². The fourth-order valence-electron chi connectivity index (χ4n) is 6.08. The van der Waals surface area contributed by atoms with Crippen molar-refractivity contribution in [3.63, 3.8) is 0 Å². The lowest BCUT2D eigenvalue weighted by Crippen LogP contribution is -2.50. The normalized spacial score (nSPS) is 22.1. The molecule has 0 spiro atoms. The molecule has 1 saturated heterocycles. The summed E-state index contributed by atoms with van der Waals surface area (Å²) in [5.41, 5.74) is 7.04. The van der Waals surface area contributed by atoms with Gasteiger partial charge in [-0.1, -0.05) is 56.1 Å². The van der Waals surface area contributed by atoms with Crippen molar-refractivity contribution in [2.24, 2.45) is 11.1 Å². The summed E-state index contributed by atoms with van der Waals surface area (Å²) in [5, 5.41) is 7.33. The van der Waals surface area contributed by atoms with Crippen LogP contribution >= 0.6 is 23.2 Å². The van der Waals surface area contributed by atoms with Crippen LogP contribution in [-0.2, 0) is 14.9 Å². The molecule has 4 N–H and O–H groups in total. The number of methoxy groups -OCH3 is 2. The summed E-state index contributed by atoms with van der Waals surface area (Å²) in [5.74, 6) is -1.74. The Morgan fingerprint density at radius 2 is 1.76 bits per heavy atom. The molecule has 1 aliphatic rings. The quantitative estimate of drug-likeness (QED) is 0.256. The van der Waals surface area contributed by atoms with Crippen LogP contribution in [0.1, 0.15) is 54.6 Å². The smallest absolute Gasteiger partial charge is 0.337 e. The topological polar surface area (TPSA) is 103 Å². The molecule has 4 atom stereocenters. The Labute approximate surface area is 255 Å². The third kappa shape index (κ3) is 6.27. The van der Waals surface area contributed by atoms with E-state index in [-0.39, 0.29) is 29.2 Å². The highest BCUT2D eigenvalue weighted by atomic mass is 35.5. The number of hydrogen-bond donors (Lipinski definition) is 3. The number of rotatable bonds is 8. The van der Waals surface area contributed by atoms with Crippen molar-refractivity contribution in [1.82, 2.24) is 5.32 Å². The molecule has 3 aromatic carbocycles. The minimum absolute atomic E-state index is 0.0239. The number of carbonyl (C=O) groups is 2. The summed E-state index contributed by atoms with van der Waals surface area (Å²) in [6.07, 6.45) is 0.578. The number of ether oxygens (including phenoxy) is 2. The lowest BCUT2D eigenvalue weighted by atomic mass is 9.62. The van der Waals surface area contributed by atoms with Crippen molar-refractivity contribution < 1.29 is 23.5 Å². The van der Waals surface area contributed by atoms with Crippen LogP contribution < -0.4 is 21.1 Å². The number of halogens is 3. The zero-order chi connectivity index (χ0) is 30.8. The average Bonchev–Trinajstić information content (AvgIpc) is 3.27. The number of nitrogens with two attached hydrogens (primary N) is 1. The maximum absolute atomic E-state index is 15.8. The molecule has 0 bridgehead atoms. The van der Waals surface area contributed by atoms with Gasteiger partial charge in [0.05, 0.1) is 31.5 Å². The first-order valence-corrected chi connectivity index (χ1v) is 14.3. The first kappa shape index (κ1) is 31.8. The van der Waals surface area contributed by atoms with E-state index in [1.54, 1.807) is 30.3 Å². The lowest BCUT2D eigenvalue weighted by Gasteiger charge is -2.42. The summed E-state index contributed by atoms with van der Waals surface area (Å²) < 4.78 is 26.1. The van der Waals surface area contributed by atoms with Gasteiger partial charge in [0.25, 0.3) is 0 Å². The Morgan fingerprint density at radius 3 is 2.38 bits per heavy atom. The highest BCUT2D eigenvalue weighted by Crippen LogP contribution is 2.52. The highest BCUT2D eigenvalue weighted by molar-refractivity contribution is 6.31. The maximum Gasteiger partial charge on any atom is 0.337 e. The molecule has 1 fully saturated rings. The number of carbonyl (C=O) groups excluding carboxylic acids is 2. The fourth-order valence-corrected chi connectivity index (χ4v) is 6.46. The van der Waals surface area contributed by atoms with Gasteiger partial charge in [0, 0.05) is 34.0 Å². The van der Waals surface area contributed by atoms with Crippen LogP contribution in [0, 0.1) is 11.2 Å². The number of anilines is 1. The van der Waals surface area contributed by atoms with Crippen molar-refractivity contribution in [2.75, 3.05) is 26.1 Å². The second-order valence-corrected chi connectivity index (χ2v) is 12.6. The molecule has 10 heteroatoms. The Morgan fingerprint density at radius 1 is 1.05 bits per heavy atom. The number of benzene rings is 3. The Hall–Kier alpha value is -3.17. The molecule has 1 heterocycles. The van der Waals surface area contributed by atoms with Gasteiger partial charge in [0.15, 0.2) is 0 Å². The van der Waals surface area contributed by atoms with Crippen molar-refractivity contribution in [2.45, 2.75) is 50.6 Å². The van der Waals surface area contributed by atoms with Crippen LogP contribution in [0.2, 0.25) is 10.0 Å². The second kappa shape index (κ2) is 12.6. The third-order valence-corrected chi connectivity index (χ3v) is 8.32. The summed E-state index contributed by atoms with van der Waals surface area (Å²) in [4.78, 5) is 26.3. The fraction of sp³-hybridized carbons (Fsp3) is 0.375. The van der Waals surface area contributed by atoms with E-state index in [4.69, 9.17) is 38.4 Å². The van der Waals surface area contributed by atoms with Gasteiger partial charge in [-0.25, -0.2) is 9.18 Å².